The van der Waals surface area contributed by atoms with Crippen molar-refractivity contribution in [3.63, 3.8) is 0 Å². The molecule has 0 saturated heterocycles. The molecule has 0 aliphatic carbocycles. The van der Waals surface area contributed by atoms with Crippen LogP contribution in [0.25, 0.3) is 0 Å². The second-order valence-corrected chi connectivity index (χ2v) is 2.84. The Hall–Kier alpha value is -1.36. The Morgan fingerprint density at radius 2 is 2.08 bits per heavy atom. The number of nitrogens with two attached hydrogens (primary N) is 1. The number of nitrogens with one attached hydrogen (secondary N) is 1. The molecule has 0 aliphatic rings. The molecule has 1 rings (SSSR count). The first kappa shape index (κ1) is 9.73. The number of rotatable bonds is 4. The number of nitrogens with zero attached hydrogens (tertiary/aromatic N) is 3. The number of hydrogen-bond donors (Lipinski definition) is 2. The van der Waals surface area contributed by atoms with Gasteiger partial charge in [0.1, 0.15) is 0 Å². The molecule has 0 aromatic carbocycles. The highest BCUT2D eigenvalue weighted by molar-refractivity contribution is 5.59. The van der Waals surface area contributed by atoms with Crippen molar-refractivity contribution in [3.8, 4) is 0 Å². The van der Waals surface area contributed by atoms with Gasteiger partial charge in [-0.25, -0.2) is 9.97 Å². The summed E-state index contributed by atoms with van der Waals surface area (Å²) >= 11 is 0. The van der Waals surface area contributed by atoms with Gasteiger partial charge in [-0.2, -0.15) is 0 Å². The molecule has 0 atom stereocenters. The third kappa shape index (κ3) is 2.55. The maximum atomic E-state index is 5.38. The Morgan fingerprint density at radius 1 is 1.38 bits per heavy atom. The minimum absolute atomic E-state index is 0.587. The number of aromatic nitrogens is 2. The first-order chi connectivity index (χ1) is 6.25. The van der Waals surface area contributed by atoms with Crippen molar-refractivity contribution in [2.75, 3.05) is 37.4 Å². The van der Waals surface area contributed by atoms with Gasteiger partial charge in [0.15, 0.2) is 11.6 Å². The largest absolute Gasteiger partial charge is 0.366 e. The molecular weight excluding hydrogens is 166 g/mol. The van der Waals surface area contributed by atoms with Crippen LogP contribution in [0.1, 0.15) is 0 Å². The SMILES string of the molecule is CN(C)c1nccnc1NCCN. The molecule has 5 nitrogen and oxygen atoms in total. The normalized spacial score (nSPS) is 9.77. The van der Waals surface area contributed by atoms with E-state index in [2.05, 4.69) is 15.3 Å². The minimum Gasteiger partial charge on any atom is -0.366 e. The maximum Gasteiger partial charge on any atom is 0.171 e. The summed E-state index contributed by atoms with van der Waals surface area (Å²) in [6, 6.07) is 0. The second-order valence-electron chi connectivity index (χ2n) is 2.84. The van der Waals surface area contributed by atoms with Crippen LogP contribution >= 0.6 is 0 Å². The lowest BCUT2D eigenvalue weighted by Crippen LogP contribution is -2.18. The fourth-order valence-electron chi connectivity index (χ4n) is 0.973. The first-order valence-electron chi connectivity index (χ1n) is 4.18. The van der Waals surface area contributed by atoms with Crippen molar-refractivity contribution in [3.05, 3.63) is 12.4 Å². The molecule has 0 radical (unpaired) electrons. The summed E-state index contributed by atoms with van der Waals surface area (Å²) in [5.41, 5.74) is 5.38. The van der Waals surface area contributed by atoms with Gasteiger partial charge in [-0.15, -0.1) is 0 Å². The summed E-state index contributed by atoms with van der Waals surface area (Å²) in [6.07, 6.45) is 3.33. The van der Waals surface area contributed by atoms with Crippen LogP contribution in [0.15, 0.2) is 12.4 Å². The lowest BCUT2D eigenvalue weighted by molar-refractivity contribution is 0.984. The summed E-state index contributed by atoms with van der Waals surface area (Å²) < 4.78 is 0. The predicted molar refractivity (Wildman–Crippen MR) is 53.9 cm³/mol. The average Bonchev–Trinajstić information content (AvgIpc) is 2.15. The van der Waals surface area contributed by atoms with Crippen LogP contribution in [0.5, 0.6) is 0 Å². The van der Waals surface area contributed by atoms with Crippen LogP contribution in [0, 0.1) is 0 Å². The maximum absolute atomic E-state index is 5.38. The quantitative estimate of drug-likeness (QED) is 0.679. The molecule has 0 unspecified atom stereocenters. The summed E-state index contributed by atoms with van der Waals surface area (Å²) in [7, 11) is 3.86. The van der Waals surface area contributed by atoms with Crippen LogP contribution in [-0.2, 0) is 0 Å². The monoisotopic (exact) mass is 181 g/mol. The van der Waals surface area contributed by atoms with Crippen LogP contribution in [0.4, 0.5) is 11.6 Å². The van der Waals surface area contributed by atoms with Gasteiger partial charge in [-0.1, -0.05) is 0 Å². The van der Waals surface area contributed by atoms with Crippen molar-refractivity contribution in [1.29, 1.82) is 0 Å². The van der Waals surface area contributed by atoms with Crippen molar-refractivity contribution in [1.82, 2.24) is 9.97 Å². The molecule has 0 aliphatic heterocycles. The number of hydrogen-bond acceptors (Lipinski definition) is 5. The van der Waals surface area contributed by atoms with E-state index in [9.17, 15) is 0 Å². The molecule has 0 amide bonds. The zero-order chi connectivity index (χ0) is 9.68. The van der Waals surface area contributed by atoms with Gasteiger partial charge in [-0.3, -0.25) is 0 Å². The van der Waals surface area contributed by atoms with Crippen LogP contribution in [0.2, 0.25) is 0 Å². The summed E-state index contributed by atoms with van der Waals surface area (Å²) in [5.74, 6) is 1.61. The van der Waals surface area contributed by atoms with Gasteiger partial charge in [0.2, 0.25) is 0 Å². The highest BCUT2D eigenvalue weighted by Gasteiger charge is 2.04. The fourth-order valence-corrected chi connectivity index (χ4v) is 0.973. The van der Waals surface area contributed by atoms with E-state index in [-0.39, 0.29) is 0 Å². The third-order valence-corrected chi connectivity index (χ3v) is 1.54. The van der Waals surface area contributed by atoms with Gasteiger partial charge >= 0.3 is 0 Å². The van der Waals surface area contributed by atoms with E-state index in [0.717, 1.165) is 11.6 Å². The van der Waals surface area contributed by atoms with E-state index < -0.39 is 0 Å². The third-order valence-electron chi connectivity index (χ3n) is 1.54. The molecule has 1 aromatic rings. The Balaban J connectivity index is 2.78. The number of anilines is 2. The minimum atomic E-state index is 0.587. The lowest BCUT2D eigenvalue weighted by atomic mass is 10.5. The van der Waals surface area contributed by atoms with Crippen LogP contribution in [-0.4, -0.2) is 37.2 Å². The molecule has 0 bridgehead atoms. The predicted octanol–water partition coefficient (Wildman–Crippen LogP) is -0.0868. The average molecular weight is 181 g/mol. The van der Waals surface area contributed by atoms with E-state index in [0.29, 0.717) is 13.1 Å². The van der Waals surface area contributed by atoms with Gasteiger partial charge in [0.25, 0.3) is 0 Å². The highest BCUT2D eigenvalue weighted by Crippen LogP contribution is 2.16. The summed E-state index contributed by atoms with van der Waals surface area (Å²) in [6.45, 7) is 1.29. The molecule has 0 saturated carbocycles. The van der Waals surface area contributed by atoms with E-state index in [1.54, 1.807) is 12.4 Å². The summed E-state index contributed by atoms with van der Waals surface area (Å²) in [4.78, 5) is 10.3. The van der Waals surface area contributed by atoms with Gasteiger partial charge in [0.05, 0.1) is 0 Å². The highest BCUT2D eigenvalue weighted by atomic mass is 15.2. The molecular formula is C8H15N5. The molecule has 1 aromatic heterocycles. The zero-order valence-corrected chi connectivity index (χ0v) is 7.99. The van der Waals surface area contributed by atoms with E-state index in [4.69, 9.17) is 5.73 Å². The molecule has 5 heteroatoms. The Morgan fingerprint density at radius 3 is 2.69 bits per heavy atom. The lowest BCUT2D eigenvalue weighted by Gasteiger charge is -2.15. The van der Waals surface area contributed by atoms with E-state index in [1.165, 1.54) is 0 Å². The Kier molecular flexibility index (Phi) is 3.45. The molecule has 13 heavy (non-hydrogen) atoms. The molecule has 0 fully saturated rings. The van der Waals surface area contributed by atoms with Gasteiger partial charge in [0, 0.05) is 39.6 Å². The molecule has 72 valence electrons. The van der Waals surface area contributed by atoms with Crippen molar-refractivity contribution in [2.24, 2.45) is 5.73 Å². The van der Waals surface area contributed by atoms with Crippen LogP contribution < -0.4 is 16.0 Å². The fraction of sp³-hybridized carbons (Fsp3) is 0.500. The molecule has 3 N–H and O–H groups in total. The smallest absolute Gasteiger partial charge is 0.171 e. The van der Waals surface area contributed by atoms with E-state index in [1.807, 2.05) is 19.0 Å². The first-order valence-corrected chi connectivity index (χ1v) is 4.18. The van der Waals surface area contributed by atoms with Gasteiger partial charge in [-0.05, 0) is 0 Å². The Bertz CT molecular complexity index is 260. The summed E-state index contributed by atoms with van der Waals surface area (Å²) in [5, 5.41) is 3.10. The van der Waals surface area contributed by atoms with Crippen molar-refractivity contribution >= 4 is 11.6 Å². The molecule has 0 spiro atoms. The molecule has 1 heterocycles. The topological polar surface area (TPSA) is 67.1 Å². The standard InChI is InChI=1S/C8H15N5/c1-13(2)8-7(10-4-3-9)11-5-6-12-8/h5-6H,3-4,9H2,1-2H3,(H,10,11). The van der Waals surface area contributed by atoms with Crippen molar-refractivity contribution < 1.29 is 0 Å². The van der Waals surface area contributed by atoms with Crippen molar-refractivity contribution in [2.45, 2.75) is 0 Å². The van der Waals surface area contributed by atoms with E-state index >= 15 is 0 Å². The zero-order valence-electron chi connectivity index (χ0n) is 7.99. The second kappa shape index (κ2) is 4.61. The van der Waals surface area contributed by atoms with Crippen LogP contribution in [0.3, 0.4) is 0 Å². The van der Waals surface area contributed by atoms with Gasteiger partial charge < -0.3 is 16.0 Å². The Labute approximate surface area is 78.0 Å².